The van der Waals surface area contributed by atoms with Crippen LogP contribution in [-0.2, 0) is 0 Å². The second-order valence-electron chi connectivity index (χ2n) is 4.91. The Bertz CT molecular complexity index is 377. The van der Waals surface area contributed by atoms with Gasteiger partial charge in [0, 0.05) is 0 Å². The van der Waals surface area contributed by atoms with Crippen LogP contribution in [0.5, 0.6) is 0 Å². The van der Waals surface area contributed by atoms with Gasteiger partial charge in [0.2, 0.25) is 0 Å². The van der Waals surface area contributed by atoms with E-state index >= 15 is 0 Å². The van der Waals surface area contributed by atoms with Crippen LogP contribution in [0.15, 0.2) is 24.3 Å². The highest BCUT2D eigenvalue weighted by Crippen LogP contribution is 2.39. The third kappa shape index (κ3) is 3.19. The molecular formula is C14H16ClF3. The molecule has 2 rings (SSSR count). The minimum absolute atomic E-state index is 0.128. The van der Waals surface area contributed by atoms with Gasteiger partial charge in [0.1, 0.15) is 0 Å². The highest BCUT2D eigenvalue weighted by molar-refractivity contribution is 6.21. The zero-order valence-electron chi connectivity index (χ0n) is 10.0. The summed E-state index contributed by atoms with van der Waals surface area (Å²) in [5, 5.41) is -1.90. The predicted molar refractivity (Wildman–Crippen MR) is 66.9 cm³/mol. The molecule has 1 aromatic rings. The quantitative estimate of drug-likeness (QED) is 0.619. The monoisotopic (exact) mass is 276 g/mol. The summed E-state index contributed by atoms with van der Waals surface area (Å²) in [4.78, 5) is 0. The van der Waals surface area contributed by atoms with Gasteiger partial charge in [0.25, 0.3) is 0 Å². The van der Waals surface area contributed by atoms with Gasteiger partial charge in [-0.25, -0.2) is 0 Å². The Labute approximate surface area is 110 Å². The molecular weight excluding hydrogens is 261 g/mol. The lowest BCUT2D eigenvalue weighted by molar-refractivity contribution is -0.131. The van der Waals surface area contributed by atoms with Gasteiger partial charge in [-0.15, -0.1) is 11.6 Å². The minimum atomic E-state index is -4.38. The standard InChI is InChI=1S/C14H16ClF3/c15-13(14(16,17)18)12-8-6-11(7-9-12)10-4-2-1-3-5-10/h6-10,13H,1-5H2. The summed E-state index contributed by atoms with van der Waals surface area (Å²) in [6, 6.07) is 6.61. The SMILES string of the molecule is FC(F)(F)C(Cl)c1ccc(C2CCCCC2)cc1. The Morgan fingerprint density at radius 2 is 1.56 bits per heavy atom. The molecule has 0 amide bonds. The molecule has 18 heavy (non-hydrogen) atoms. The molecule has 0 aromatic heterocycles. The van der Waals surface area contributed by atoms with Crippen molar-refractivity contribution in [2.75, 3.05) is 0 Å². The third-order valence-electron chi connectivity index (χ3n) is 3.59. The first kappa shape index (κ1) is 13.7. The van der Waals surface area contributed by atoms with Gasteiger partial charge < -0.3 is 0 Å². The average molecular weight is 277 g/mol. The van der Waals surface area contributed by atoms with Crippen LogP contribution >= 0.6 is 11.6 Å². The summed E-state index contributed by atoms with van der Waals surface area (Å²) in [6.07, 6.45) is 1.60. The van der Waals surface area contributed by atoms with Crippen molar-refractivity contribution in [3.8, 4) is 0 Å². The summed E-state index contributed by atoms with van der Waals surface area (Å²) in [7, 11) is 0. The molecule has 0 nitrogen and oxygen atoms in total. The molecule has 100 valence electrons. The van der Waals surface area contributed by atoms with E-state index in [-0.39, 0.29) is 5.56 Å². The fourth-order valence-electron chi connectivity index (χ4n) is 2.56. The Morgan fingerprint density at radius 3 is 2.06 bits per heavy atom. The van der Waals surface area contributed by atoms with Crippen LogP contribution in [0.25, 0.3) is 0 Å². The van der Waals surface area contributed by atoms with Crippen molar-refractivity contribution >= 4 is 11.6 Å². The van der Waals surface area contributed by atoms with Crippen LogP contribution in [0.3, 0.4) is 0 Å². The molecule has 0 saturated heterocycles. The molecule has 1 fully saturated rings. The first-order chi connectivity index (χ1) is 8.48. The van der Waals surface area contributed by atoms with E-state index in [1.54, 1.807) is 12.1 Å². The zero-order valence-corrected chi connectivity index (χ0v) is 10.8. The smallest absolute Gasteiger partial charge is 0.169 e. The molecule has 1 atom stereocenters. The molecule has 0 aliphatic heterocycles. The normalized spacial score (nSPS) is 19.8. The molecule has 1 aromatic carbocycles. The van der Waals surface area contributed by atoms with E-state index in [0.717, 1.165) is 18.4 Å². The van der Waals surface area contributed by atoms with Crippen LogP contribution in [0, 0.1) is 0 Å². The van der Waals surface area contributed by atoms with E-state index in [2.05, 4.69) is 0 Å². The summed E-state index contributed by atoms with van der Waals surface area (Å²) in [6.45, 7) is 0. The Hall–Kier alpha value is -0.700. The lowest BCUT2D eigenvalue weighted by atomic mass is 9.84. The van der Waals surface area contributed by atoms with Crippen LogP contribution in [0.1, 0.15) is 54.5 Å². The molecule has 1 aliphatic rings. The Balaban J connectivity index is 2.09. The summed E-state index contributed by atoms with van der Waals surface area (Å²) in [5.74, 6) is 0.507. The number of hydrogen-bond donors (Lipinski definition) is 0. The second kappa shape index (κ2) is 5.52. The zero-order chi connectivity index (χ0) is 13.2. The van der Waals surface area contributed by atoms with E-state index in [9.17, 15) is 13.2 Å². The minimum Gasteiger partial charge on any atom is -0.169 e. The fraction of sp³-hybridized carbons (Fsp3) is 0.571. The largest absolute Gasteiger partial charge is 0.408 e. The first-order valence-corrected chi connectivity index (χ1v) is 6.73. The highest BCUT2D eigenvalue weighted by atomic mass is 35.5. The van der Waals surface area contributed by atoms with E-state index in [1.165, 1.54) is 31.4 Å². The second-order valence-corrected chi connectivity index (χ2v) is 5.34. The van der Waals surface area contributed by atoms with Crippen molar-refractivity contribution in [3.63, 3.8) is 0 Å². The van der Waals surface area contributed by atoms with E-state index < -0.39 is 11.6 Å². The molecule has 1 aliphatic carbocycles. The average Bonchev–Trinajstić information content (AvgIpc) is 2.38. The predicted octanol–water partition coefficient (Wildman–Crippen LogP) is 5.58. The Morgan fingerprint density at radius 1 is 1.00 bits per heavy atom. The molecule has 0 N–H and O–H groups in total. The summed E-state index contributed by atoms with van der Waals surface area (Å²) >= 11 is 5.40. The molecule has 1 saturated carbocycles. The summed E-state index contributed by atoms with van der Waals surface area (Å²) in [5.41, 5.74) is 1.27. The number of alkyl halides is 4. The van der Waals surface area contributed by atoms with Gasteiger partial charge in [-0.1, -0.05) is 43.5 Å². The lowest BCUT2D eigenvalue weighted by Gasteiger charge is -2.22. The molecule has 1 unspecified atom stereocenters. The lowest BCUT2D eigenvalue weighted by Crippen LogP contribution is -2.15. The maximum Gasteiger partial charge on any atom is 0.408 e. The van der Waals surface area contributed by atoms with E-state index in [4.69, 9.17) is 11.6 Å². The molecule has 0 spiro atoms. The number of hydrogen-bond acceptors (Lipinski definition) is 0. The molecule has 0 bridgehead atoms. The van der Waals surface area contributed by atoms with Crippen molar-refractivity contribution in [2.24, 2.45) is 0 Å². The van der Waals surface area contributed by atoms with Gasteiger partial charge in [-0.05, 0) is 29.9 Å². The number of rotatable bonds is 2. The molecule has 0 radical (unpaired) electrons. The van der Waals surface area contributed by atoms with Gasteiger partial charge >= 0.3 is 6.18 Å². The number of benzene rings is 1. The van der Waals surface area contributed by atoms with Gasteiger partial charge in [0.15, 0.2) is 5.38 Å². The number of halogens is 4. The third-order valence-corrected chi connectivity index (χ3v) is 4.09. The maximum absolute atomic E-state index is 12.5. The van der Waals surface area contributed by atoms with Crippen molar-refractivity contribution < 1.29 is 13.2 Å². The van der Waals surface area contributed by atoms with Crippen LogP contribution < -0.4 is 0 Å². The van der Waals surface area contributed by atoms with Crippen molar-refractivity contribution in [1.29, 1.82) is 0 Å². The van der Waals surface area contributed by atoms with Crippen molar-refractivity contribution in [3.05, 3.63) is 35.4 Å². The van der Waals surface area contributed by atoms with Gasteiger partial charge in [0.05, 0.1) is 0 Å². The van der Waals surface area contributed by atoms with Crippen LogP contribution in [-0.4, -0.2) is 6.18 Å². The molecule has 0 heterocycles. The topological polar surface area (TPSA) is 0 Å². The van der Waals surface area contributed by atoms with Gasteiger partial charge in [-0.3, -0.25) is 0 Å². The first-order valence-electron chi connectivity index (χ1n) is 6.29. The van der Waals surface area contributed by atoms with Crippen molar-refractivity contribution in [1.82, 2.24) is 0 Å². The highest BCUT2D eigenvalue weighted by Gasteiger charge is 2.39. The maximum atomic E-state index is 12.5. The van der Waals surface area contributed by atoms with E-state index in [0.29, 0.717) is 5.92 Å². The fourth-order valence-corrected chi connectivity index (χ4v) is 2.71. The van der Waals surface area contributed by atoms with E-state index in [1.807, 2.05) is 0 Å². The van der Waals surface area contributed by atoms with Gasteiger partial charge in [-0.2, -0.15) is 13.2 Å². The summed E-state index contributed by atoms with van der Waals surface area (Å²) < 4.78 is 37.4. The molecule has 4 heteroatoms. The van der Waals surface area contributed by atoms with Crippen LogP contribution in [0.2, 0.25) is 0 Å². The van der Waals surface area contributed by atoms with Crippen LogP contribution in [0.4, 0.5) is 13.2 Å². The van der Waals surface area contributed by atoms with Crippen molar-refractivity contribution in [2.45, 2.75) is 49.6 Å². The Kier molecular flexibility index (Phi) is 4.21.